The van der Waals surface area contributed by atoms with E-state index in [4.69, 9.17) is 0 Å². The first-order valence-electron chi connectivity index (χ1n) is 6.48. The zero-order valence-electron chi connectivity index (χ0n) is 10.2. The lowest BCUT2D eigenvalue weighted by Gasteiger charge is -2.34. The number of hydrogen-bond donors (Lipinski definition) is 0. The van der Waals surface area contributed by atoms with E-state index in [1.54, 1.807) is 0 Å². The Morgan fingerprint density at radius 1 is 1.27 bits per heavy atom. The molecule has 4 atom stereocenters. The SMILES string of the molecule is C[C@H]1CC[C@@H]2CC(=O)[C@H]3CC(C)(C)C[C@]231. The lowest BCUT2D eigenvalue weighted by Crippen LogP contribution is -2.30. The molecular weight excluding hydrogens is 184 g/mol. The number of carbonyl (C=O) groups is 1. The lowest BCUT2D eigenvalue weighted by molar-refractivity contribution is -0.122. The number of carbonyl (C=O) groups excluding carboxylic acids is 1. The zero-order valence-corrected chi connectivity index (χ0v) is 10.2. The van der Waals surface area contributed by atoms with Crippen LogP contribution in [0.3, 0.4) is 0 Å². The fraction of sp³-hybridized carbons (Fsp3) is 0.929. The largest absolute Gasteiger partial charge is 0.299 e. The summed E-state index contributed by atoms with van der Waals surface area (Å²) in [6.45, 7) is 7.11. The Morgan fingerprint density at radius 2 is 2.00 bits per heavy atom. The second-order valence-corrected chi connectivity index (χ2v) is 7.06. The van der Waals surface area contributed by atoms with Crippen LogP contribution in [0.2, 0.25) is 0 Å². The highest BCUT2D eigenvalue weighted by atomic mass is 16.1. The molecule has 15 heavy (non-hydrogen) atoms. The van der Waals surface area contributed by atoms with Crippen LogP contribution in [0.1, 0.15) is 52.9 Å². The summed E-state index contributed by atoms with van der Waals surface area (Å²) in [6, 6.07) is 0. The summed E-state index contributed by atoms with van der Waals surface area (Å²) in [7, 11) is 0. The van der Waals surface area contributed by atoms with Crippen molar-refractivity contribution in [2.75, 3.05) is 0 Å². The van der Waals surface area contributed by atoms with Gasteiger partial charge in [0.15, 0.2) is 0 Å². The first-order chi connectivity index (χ1) is 6.96. The molecule has 0 unspecified atom stereocenters. The third kappa shape index (κ3) is 1.07. The Morgan fingerprint density at radius 3 is 2.73 bits per heavy atom. The average molecular weight is 206 g/mol. The van der Waals surface area contributed by atoms with Gasteiger partial charge in [0, 0.05) is 12.3 Å². The maximum atomic E-state index is 12.1. The van der Waals surface area contributed by atoms with Gasteiger partial charge in [0.25, 0.3) is 0 Å². The Balaban J connectivity index is 2.05. The minimum absolute atomic E-state index is 0.414. The lowest BCUT2D eigenvalue weighted by atomic mass is 9.69. The van der Waals surface area contributed by atoms with E-state index in [2.05, 4.69) is 20.8 Å². The molecule has 0 bridgehead atoms. The van der Waals surface area contributed by atoms with Gasteiger partial charge in [-0.1, -0.05) is 20.8 Å². The number of hydrogen-bond acceptors (Lipinski definition) is 1. The van der Waals surface area contributed by atoms with Gasteiger partial charge in [-0.25, -0.2) is 0 Å². The molecule has 1 nitrogen and oxygen atoms in total. The van der Waals surface area contributed by atoms with Crippen molar-refractivity contribution in [3.05, 3.63) is 0 Å². The topological polar surface area (TPSA) is 17.1 Å². The summed E-state index contributed by atoms with van der Waals surface area (Å²) >= 11 is 0. The van der Waals surface area contributed by atoms with E-state index in [0.29, 0.717) is 22.5 Å². The maximum absolute atomic E-state index is 12.1. The van der Waals surface area contributed by atoms with Crippen molar-refractivity contribution in [1.29, 1.82) is 0 Å². The summed E-state index contributed by atoms with van der Waals surface area (Å²) in [5, 5.41) is 0. The number of Topliss-reactive ketones (excluding diaryl/α,β-unsaturated/α-hetero) is 1. The van der Waals surface area contributed by atoms with Gasteiger partial charge in [0.05, 0.1) is 0 Å². The molecule has 0 N–H and O–H groups in total. The summed E-state index contributed by atoms with van der Waals surface area (Å²) in [6.07, 6.45) is 6.06. The molecule has 0 aromatic heterocycles. The Bertz CT molecular complexity index is 317. The highest BCUT2D eigenvalue weighted by Crippen LogP contribution is 2.69. The second-order valence-electron chi connectivity index (χ2n) is 7.06. The molecule has 3 rings (SSSR count). The van der Waals surface area contributed by atoms with E-state index in [1.807, 2.05) is 0 Å². The minimum atomic E-state index is 0.414. The Labute approximate surface area is 92.6 Å². The molecule has 1 spiro atoms. The smallest absolute Gasteiger partial charge is 0.136 e. The van der Waals surface area contributed by atoms with Gasteiger partial charge >= 0.3 is 0 Å². The summed E-state index contributed by atoms with van der Waals surface area (Å²) < 4.78 is 0. The molecule has 0 radical (unpaired) electrons. The maximum Gasteiger partial charge on any atom is 0.136 e. The molecule has 3 saturated carbocycles. The van der Waals surface area contributed by atoms with Crippen molar-refractivity contribution < 1.29 is 4.79 Å². The van der Waals surface area contributed by atoms with Crippen molar-refractivity contribution >= 4 is 5.78 Å². The molecule has 0 heterocycles. The van der Waals surface area contributed by atoms with Gasteiger partial charge in [-0.2, -0.15) is 0 Å². The summed E-state index contributed by atoms with van der Waals surface area (Å²) in [5.41, 5.74) is 0.845. The van der Waals surface area contributed by atoms with Crippen LogP contribution >= 0.6 is 0 Å². The fourth-order valence-electron chi connectivity index (χ4n) is 5.20. The van der Waals surface area contributed by atoms with Gasteiger partial charge < -0.3 is 0 Å². The molecule has 1 heteroatoms. The van der Waals surface area contributed by atoms with Gasteiger partial charge in [0.2, 0.25) is 0 Å². The first-order valence-corrected chi connectivity index (χ1v) is 6.48. The van der Waals surface area contributed by atoms with Crippen LogP contribution in [-0.2, 0) is 4.79 Å². The predicted octanol–water partition coefficient (Wildman–Crippen LogP) is 3.43. The van der Waals surface area contributed by atoms with Gasteiger partial charge in [-0.3, -0.25) is 4.79 Å². The van der Waals surface area contributed by atoms with Gasteiger partial charge in [-0.15, -0.1) is 0 Å². The molecule has 3 aliphatic rings. The van der Waals surface area contributed by atoms with Crippen molar-refractivity contribution in [2.24, 2.45) is 28.6 Å². The zero-order chi connectivity index (χ0) is 10.8. The molecule has 3 fully saturated rings. The molecule has 0 aromatic rings. The number of rotatable bonds is 0. The first kappa shape index (κ1) is 9.86. The predicted molar refractivity (Wildman–Crippen MR) is 60.5 cm³/mol. The highest BCUT2D eigenvalue weighted by molar-refractivity contribution is 5.85. The molecular formula is C14H22O. The highest BCUT2D eigenvalue weighted by Gasteiger charge is 2.65. The monoisotopic (exact) mass is 206 g/mol. The van der Waals surface area contributed by atoms with Crippen molar-refractivity contribution in [2.45, 2.75) is 52.9 Å². The van der Waals surface area contributed by atoms with Crippen molar-refractivity contribution in [3.63, 3.8) is 0 Å². The van der Waals surface area contributed by atoms with E-state index < -0.39 is 0 Å². The quantitative estimate of drug-likeness (QED) is 0.593. The van der Waals surface area contributed by atoms with Crippen molar-refractivity contribution in [3.8, 4) is 0 Å². The fourth-order valence-corrected chi connectivity index (χ4v) is 5.20. The molecule has 0 saturated heterocycles. The van der Waals surface area contributed by atoms with Gasteiger partial charge in [0.1, 0.15) is 5.78 Å². The Hall–Kier alpha value is -0.330. The Kier molecular flexibility index (Phi) is 1.76. The van der Waals surface area contributed by atoms with Crippen LogP contribution in [0.5, 0.6) is 0 Å². The third-order valence-corrected chi connectivity index (χ3v) is 5.65. The van der Waals surface area contributed by atoms with Crippen molar-refractivity contribution in [1.82, 2.24) is 0 Å². The minimum Gasteiger partial charge on any atom is -0.299 e. The van der Waals surface area contributed by atoms with E-state index in [1.165, 1.54) is 19.3 Å². The summed E-state index contributed by atoms with van der Waals surface area (Å²) in [5.74, 6) is 2.56. The average Bonchev–Trinajstić information content (AvgIpc) is 2.65. The van der Waals surface area contributed by atoms with Crippen LogP contribution in [0, 0.1) is 28.6 Å². The van der Waals surface area contributed by atoms with E-state index in [-0.39, 0.29) is 0 Å². The molecule has 3 aliphatic carbocycles. The van der Waals surface area contributed by atoms with Crippen LogP contribution < -0.4 is 0 Å². The van der Waals surface area contributed by atoms with Crippen LogP contribution in [0.4, 0.5) is 0 Å². The number of ketones is 1. The molecule has 84 valence electrons. The molecule has 0 amide bonds. The second kappa shape index (κ2) is 2.67. The van der Waals surface area contributed by atoms with Crippen LogP contribution in [0.25, 0.3) is 0 Å². The van der Waals surface area contributed by atoms with E-state index >= 15 is 0 Å². The third-order valence-electron chi connectivity index (χ3n) is 5.65. The standard InChI is InChI=1S/C14H22O/c1-9-4-5-10-6-12(15)11-7-13(2,3)8-14(9,10)11/h9-11H,4-8H2,1-3H3/t9-,10+,11+,14-/m0/s1. The molecule has 0 aromatic carbocycles. The normalized spacial score (nSPS) is 51.9. The van der Waals surface area contributed by atoms with Gasteiger partial charge in [-0.05, 0) is 48.3 Å². The van der Waals surface area contributed by atoms with E-state index in [9.17, 15) is 4.79 Å². The van der Waals surface area contributed by atoms with Crippen LogP contribution in [-0.4, -0.2) is 5.78 Å². The summed E-state index contributed by atoms with van der Waals surface area (Å²) in [4.78, 5) is 12.1. The van der Waals surface area contributed by atoms with Crippen LogP contribution in [0.15, 0.2) is 0 Å². The van der Waals surface area contributed by atoms with E-state index in [0.717, 1.165) is 24.7 Å². The molecule has 0 aliphatic heterocycles.